The number of ether oxygens (including phenoxy) is 2. The minimum Gasteiger partial charge on any atom is -0.481 e. The number of hydrogen-bond acceptors (Lipinski definition) is 5. The van der Waals surface area contributed by atoms with E-state index in [1.54, 1.807) is 21.9 Å². The van der Waals surface area contributed by atoms with Crippen molar-refractivity contribution in [3.63, 3.8) is 0 Å². The molecule has 0 bridgehead atoms. The number of carboxylic acid groups (broad SMARTS) is 1. The van der Waals surface area contributed by atoms with E-state index in [4.69, 9.17) is 9.47 Å². The number of benzene rings is 1. The molecule has 8 heteroatoms. The molecule has 4 rings (SSSR count). The summed E-state index contributed by atoms with van der Waals surface area (Å²) in [4.78, 5) is 30.4. The molecule has 0 radical (unpaired) electrons. The monoisotopic (exact) mass is 371 g/mol. The summed E-state index contributed by atoms with van der Waals surface area (Å²) in [6.07, 6.45) is 1.64. The Labute approximate surface area is 156 Å². The van der Waals surface area contributed by atoms with Crippen molar-refractivity contribution in [1.82, 2.24) is 14.5 Å². The van der Waals surface area contributed by atoms with Crippen LogP contribution < -0.4 is 9.47 Å². The van der Waals surface area contributed by atoms with Crippen LogP contribution in [0.5, 0.6) is 11.5 Å². The minimum absolute atomic E-state index is 0.106. The van der Waals surface area contributed by atoms with Crippen LogP contribution in [-0.4, -0.2) is 51.3 Å². The number of carboxylic acids is 1. The lowest BCUT2D eigenvalue weighted by molar-refractivity contribution is -0.141. The Kier molecular flexibility index (Phi) is 4.25. The van der Waals surface area contributed by atoms with E-state index >= 15 is 0 Å². The zero-order chi connectivity index (χ0) is 19.1. The number of amides is 1. The van der Waals surface area contributed by atoms with E-state index in [9.17, 15) is 14.7 Å². The maximum Gasteiger partial charge on any atom is 0.308 e. The summed E-state index contributed by atoms with van der Waals surface area (Å²) in [5.74, 6) is -0.674. The molecule has 0 spiro atoms. The molecule has 0 saturated carbocycles. The predicted octanol–water partition coefficient (Wildman–Crippen LogP) is 1.56. The Hall–Kier alpha value is -3.03. The number of aryl methyl sites for hydroxylation is 1. The molecule has 3 heterocycles. The maximum absolute atomic E-state index is 12.7. The first kappa shape index (κ1) is 17.4. The molecule has 1 aromatic heterocycles. The lowest BCUT2D eigenvalue weighted by atomic mass is 9.89. The van der Waals surface area contributed by atoms with Gasteiger partial charge in [0.25, 0.3) is 0 Å². The van der Waals surface area contributed by atoms with Crippen molar-refractivity contribution in [2.24, 2.45) is 5.92 Å². The number of carbonyl (C=O) groups excluding carboxylic acids is 1. The number of aliphatic carboxylic acids is 1. The summed E-state index contributed by atoms with van der Waals surface area (Å²) in [5.41, 5.74) is 2.66. The highest BCUT2D eigenvalue weighted by molar-refractivity contribution is 5.79. The molecule has 1 N–H and O–H groups in total. The fraction of sp³-hybridized carbons (Fsp3) is 0.421. The van der Waals surface area contributed by atoms with Crippen LogP contribution in [0, 0.1) is 19.8 Å². The molecule has 2 aromatic rings. The van der Waals surface area contributed by atoms with Crippen molar-refractivity contribution in [1.29, 1.82) is 0 Å². The van der Waals surface area contributed by atoms with E-state index < -0.39 is 11.9 Å². The normalized spacial score (nSPS) is 20.9. The summed E-state index contributed by atoms with van der Waals surface area (Å²) in [6.45, 7) is 4.69. The molecule has 2 aliphatic heterocycles. The van der Waals surface area contributed by atoms with Crippen LogP contribution in [-0.2, 0) is 16.1 Å². The van der Waals surface area contributed by atoms with Gasteiger partial charge in [0.1, 0.15) is 6.54 Å². The van der Waals surface area contributed by atoms with Gasteiger partial charge in [0.05, 0.1) is 17.9 Å². The maximum atomic E-state index is 12.7. The third-order valence-corrected chi connectivity index (χ3v) is 5.47. The highest BCUT2D eigenvalue weighted by Crippen LogP contribution is 2.39. The van der Waals surface area contributed by atoms with Crippen molar-refractivity contribution < 1.29 is 24.2 Å². The fourth-order valence-corrected chi connectivity index (χ4v) is 3.69. The topological polar surface area (TPSA) is 93.9 Å². The summed E-state index contributed by atoms with van der Waals surface area (Å²) < 4.78 is 12.5. The van der Waals surface area contributed by atoms with E-state index in [0.29, 0.717) is 18.0 Å². The van der Waals surface area contributed by atoms with E-state index in [-0.39, 0.29) is 31.7 Å². The molecular weight excluding hydrogens is 350 g/mol. The fourth-order valence-electron chi connectivity index (χ4n) is 3.69. The summed E-state index contributed by atoms with van der Waals surface area (Å²) in [6, 6.07) is 5.46. The standard InChI is InChI=1S/C19H21N3O5/c1-11-12(2)22(9-20-11)8-18(23)21-6-14(15(7-21)19(24)25)13-3-4-16-17(5-13)27-10-26-16/h3-5,9,14-15H,6-8,10H2,1-2H3,(H,24,25)/t14-,15+/m1/s1. The second kappa shape index (κ2) is 6.61. The first-order valence-corrected chi connectivity index (χ1v) is 8.82. The Morgan fingerprint density at radius 1 is 1.22 bits per heavy atom. The first-order valence-electron chi connectivity index (χ1n) is 8.82. The molecule has 142 valence electrons. The molecule has 2 atom stereocenters. The highest BCUT2D eigenvalue weighted by Gasteiger charge is 2.41. The highest BCUT2D eigenvalue weighted by atomic mass is 16.7. The van der Waals surface area contributed by atoms with Crippen LogP contribution in [0.4, 0.5) is 0 Å². The largest absolute Gasteiger partial charge is 0.481 e. The Morgan fingerprint density at radius 3 is 2.70 bits per heavy atom. The van der Waals surface area contributed by atoms with Crippen molar-refractivity contribution in [3.8, 4) is 11.5 Å². The molecule has 1 saturated heterocycles. The number of nitrogens with zero attached hydrogens (tertiary/aromatic N) is 3. The summed E-state index contributed by atoms with van der Waals surface area (Å²) in [5, 5.41) is 9.67. The SMILES string of the molecule is Cc1ncn(CC(=O)N2C[C@H](C(=O)O)[C@@H](c3ccc4c(c3)OCO4)C2)c1C. The van der Waals surface area contributed by atoms with E-state index in [2.05, 4.69) is 4.98 Å². The average molecular weight is 371 g/mol. The summed E-state index contributed by atoms with van der Waals surface area (Å²) >= 11 is 0. The number of imidazole rings is 1. The van der Waals surface area contributed by atoms with Crippen LogP contribution in [0.3, 0.4) is 0 Å². The zero-order valence-electron chi connectivity index (χ0n) is 15.2. The molecule has 8 nitrogen and oxygen atoms in total. The number of hydrogen-bond donors (Lipinski definition) is 1. The lowest BCUT2D eigenvalue weighted by Crippen LogP contribution is -2.32. The predicted molar refractivity (Wildman–Crippen MR) is 94.7 cm³/mol. The van der Waals surface area contributed by atoms with Gasteiger partial charge in [0.15, 0.2) is 11.5 Å². The van der Waals surface area contributed by atoms with E-state index in [0.717, 1.165) is 17.0 Å². The second-order valence-electron chi connectivity index (χ2n) is 7.01. The van der Waals surface area contributed by atoms with Crippen LogP contribution in [0.25, 0.3) is 0 Å². The Morgan fingerprint density at radius 2 is 2.00 bits per heavy atom. The van der Waals surface area contributed by atoms with Gasteiger partial charge in [0, 0.05) is 24.7 Å². The molecule has 0 unspecified atom stereocenters. The smallest absolute Gasteiger partial charge is 0.308 e. The Bertz CT molecular complexity index is 907. The number of aromatic nitrogens is 2. The quantitative estimate of drug-likeness (QED) is 0.877. The van der Waals surface area contributed by atoms with E-state index in [1.807, 2.05) is 26.0 Å². The van der Waals surface area contributed by atoms with Gasteiger partial charge in [-0.25, -0.2) is 4.98 Å². The van der Waals surface area contributed by atoms with Gasteiger partial charge in [-0.15, -0.1) is 0 Å². The van der Waals surface area contributed by atoms with Gasteiger partial charge in [-0.05, 0) is 31.5 Å². The summed E-state index contributed by atoms with van der Waals surface area (Å²) in [7, 11) is 0. The lowest BCUT2D eigenvalue weighted by Gasteiger charge is -2.17. The van der Waals surface area contributed by atoms with Crippen molar-refractivity contribution in [2.75, 3.05) is 19.9 Å². The zero-order valence-corrected chi connectivity index (χ0v) is 15.2. The molecule has 2 aliphatic rings. The van der Waals surface area contributed by atoms with Crippen LogP contribution in [0.2, 0.25) is 0 Å². The van der Waals surface area contributed by atoms with Crippen molar-refractivity contribution >= 4 is 11.9 Å². The third-order valence-electron chi connectivity index (χ3n) is 5.47. The third kappa shape index (κ3) is 3.11. The van der Waals surface area contributed by atoms with Crippen LogP contribution in [0.15, 0.2) is 24.5 Å². The second-order valence-corrected chi connectivity index (χ2v) is 7.01. The first-order chi connectivity index (χ1) is 12.9. The van der Waals surface area contributed by atoms with Crippen molar-refractivity contribution in [3.05, 3.63) is 41.5 Å². The minimum atomic E-state index is -0.900. The van der Waals surface area contributed by atoms with Crippen LogP contribution >= 0.6 is 0 Å². The molecule has 0 aliphatic carbocycles. The van der Waals surface area contributed by atoms with E-state index in [1.165, 1.54) is 0 Å². The van der Waals surface area contributed by atoms with Gasteiger partial charge in [-0.1, -0.05) is 6.07 Å². The van der Waals surface area contributed by atoms with Gasteiger partial charge in [0.2, 0.25) is 12.7 Å². The molecule has 27 heavy (non-hydrogen) atoms. The van der Waals surface area contributed by atoms with Crippen LogP contribution in [0.1, 0.15) is 22.9 Å². The molecular formula is C19H21N3O5. The van der Waals surface area contributed by atoms with Gasteiger partial charge in [-0.3, -0.25) is 9.59 Å². The molecule has 1 fully saturated rings. The number of carbonyl (C=O) groups is 2. The molecule has 1 amide bonds. The number of rotatable bonds is 4. The van der Waals surface area contributed by atoms with Gasteiger partial charge in [-0.2, -0.15) is 0 Å². The molecule has 1 aromatic carbocycles. The Balaban J connectivity index is 1.54. The van der Waals surface area contributed by atoms with Gasteiger partial charge >= 0.3 is 5.97 Å². The number of likely N-dealkylation sites (tertiary alicyclic amines) is 1. The average Bonchev–Trinajstić information content (AvgIpc) is 3.35. The number of fused-ring (bicyclic) bond motifs is 1. The van der Waals surface area contributed by atoms with Gasteiger partial charge < -0.3 is 24.0 Å². The van der Waals surface area contributed by atoms with Crippen molar-refractivity contribution in [2.45, 2.75) is 26.3 Å².